The van der Waals surface area contributed by atoms with Crippen molar-refractivity contribution in [1.29, 1.82) is 0 Å². The molecule has 0 bridgehead atoms. The lowest BCUT2D eigenvalue weighted by molar-refractivity contribution is -0.141. The van der Waals surface area contributed by atoms with Crippen molar-refractivity contribution < 1.29 is 17.7 Å². The summed E-state index contributed by atoms with van der Waals surface area (Å²) in [6.45, 7) is 5.97. The van der Waals surface area contributed by atoms with Gasteiger partial charge in [-0.05, 0) is 26.0 Å². The maximum atomic E-state index is 13.4. The van der Waals surface area contributed by atoms with E-state index in [0.717, 1.165) is 6.07 Å². The van der Waals surface area contributed by atoms with Crippen LogP contribution in [0.2, 0.25) is 0 Å². The van der Waals surface area contributed by atoms with Crippen LogP contribution in [0.3, 0.4) is 0 Å². The molecule has 3 aromatic heterocycles. The zero-order valence-electron chi connectivity index (χ0n) is 16.5. The molecule has 8 nitrogen and oxygen atoms in total. The molecule has 1 unspecified atom stereocenters. The van der Waals surface area contributed by atoms with E-state index in [1.54, 1.807) is 25.1 Å². The Morgan fingerprint density at radius 2 is 1.83 bits per heavy atom. The molecule has 0 aliphatic carbocycles. The van der Waals surface area contributed by atoms with Crippen LogP contribution in [0.15, 0.2) is 35.0 Å². The van der Waals surface area contributed by atoms with Crippen molar-refractivity contribution in [2.75, 3.05) is 31.1 Å². The summed E-state index contributed by atoms with van der Waals surface area (Å²) in [7, 11) is 0. The van der Waals surface area contributed by atoms with Gasteiger partial charge in [-0.1, -0.05) is 11.2 Å². The fourth-order valence-corrected chi connectivity index (χ4v) is 3.33. The van der Waals surface area contributed by atoms with Crippen molar-refractivity contribution in [3.63, 3.8) is 0 Å². The molecule has 1 saturated heterocycles. The van der Waals surface area contributed by atoms with Gasteiger partial charge in [-0.2, -0.15) is 18.2 Å². The number of halogens is 3. The Labute approximate surface area is 170 Å². The van der Waals surface area contributed by atoms with E-state index >= 15 is 0 Å². The standard InChI is InChI=1S/C19H20F3N7O/c1-12(18-24-13(2)27-30-18)28-7-9-29(10-8-28)16-11-15(19(20,21)22)25-17(26-16)14-5-3-4-6-23-14/h3-6,11-12H,7-10H2,1-2H3. The number of alkyl halides is 3. The highest BCUT2D eigenvalue weighted by Crippen LogP contribution is 2.32. The predicted octanol–water partition coefficient (Wildman–Crippen LogP) is 3.13. The zero-order valence-corrected chi connectivity index (χ0v) is 16.5. The van der Waals surface area contributed by atoms with Crippen molar-refractivity contribution in [1.82, 2.24) is 30.0 Å². The summed E-state index contributed by atoms with van der Waals surface area (Å²) < 4.78 is 45.5. The second kappa shape index (κ2) is 7.98. The maximum Gasteiger partial charge on any atom is 0.433 e. The first-order valence-electron chi connectivity index (χ1n) is 9.48. The Morgan fingerprint density at radius 1 is 1.07 bits per heavy atom. The molecule has 1 atom stereocenters. The highest BCUT2D eigenvalue weighted by Gasteiger charge is 2.35. The summed E-state index contributed by atoms with van der Waals surface area (Å²) in [4.78, 5) is 20.4. The van der Waals surface area contributed by atoms with Crippen molar-refractivity contribution in [2.24, 2.45) is 0 Å². The van der Waals surface area contributed by atoms with Gasteiger partial charge in [-0.25, -0.2) is 9.97 Å². The summed E-state index contributed by atoms with van der Waals surface area (Å²) in [5.74, 6) is 1.29. The van der Waals surface area contributed by atoms with Gasteiger partial charge >= 0.3 is 6.18 Å². The van der Waals surface area contributed by atoms with E-state index in [2.05, 4.69) is 30.0 Å². The van der Waals surface area contributed by atoms with Crippen molar-refractivity contribution in [3.05, 3.63) is 47.9 Å². The van der Waals surface area contributed by atoms with E-state index in [-0.39, 0.29) is 17.7 Å². The number of hydrogen-bond donors (Lipinski definition) is 0. The van der Waals surface area contributed by atoms with Crippen LogP contribution in [0.4, 0.5) is 19.0 Å². The number of pyridine rings is 1. The van der Waals surface area contributed by atoms with Crippen LogP contribution < -0.4 is 4.90 Å². The summed E-state index contributed by atoms with van der Waals surface area (Å²) >= 11 is 0. The minimum absolute atomic E-state index is 0.0439. The molecule has 0 amide bonds. The Bertz CT molecular complexity index is 1000. The Balaban J connectivity index is 1.55. The van der Waals surface area contributed by atoms with Gasteiger partial charge in [0.1, 0.15) is 11.5 Å². The Morgan fingerprint density at radius 3 is 2.43 bits per heavy atom. The first-order chi connectivity index (χ1) is 14.3. The van der Waals surface area contributed by atoms with Gasteiger partial charge in [-0.3, -0.25) is 9.88 Å². The molecule has 0 radical (unpaired) electrons. The van der Waals surface area contributed by atoms with E-state index in [1.165, 1.54) is 6.20 Å². The number of aryl methyl sites for hydroxylation is 1. The Kier molecular flexibility index (Phi) is 5.37. The second-order valence-electron chi connectivity index (χ2n) is 7.03. The van der Waals surface area contributed by atoms with E-state index in [9.17, 15) is 13.2 Å². The average molecular weight is 419 g/mol. The van der Waals surface area contributed by atoms with Gasteiger partial charge in [0.25, 0.3) is 0 Å². The van der Waals surface area contributed by atoms with Gasteiger partial charge in [0.05, 0.1) is 6.04 Å². The molecule has 4 rings (SSSR count). The molecule has 1 aliphatic rings. The van der Waals surface area contributed by atoms with Crippen LogP contribution in [-0.4, -0.2) is 56.2 Å². The highest BCUT2D eigenvalue weighted by molar-refractivity contribution is 5.54. The van der Waals surface area contributed by atoms with Crippen LogP contribution in [0, 0.1) is 6.92 Å². The fraction of sp³-hybridized carbons (Fsp3) is 0.421. The minimum Gasteiger partial charge on any atom is -0.354 e. The zero-order chi connectivity index (χ0) is 21.3. The fourth-order valence-electron chi connectivity index (χ4n) is 3.33. The third kappa shape index (κ3) is 4.25. The molecule has 1 fully saturated rings. The summed E-state index contributed by atoms with van der Waals surface area (Å²) in [6.07, 6.45) is -3.08. The molecule has 0 spiro atoms. The van der Waals surface area contributed by atoms with E-state index in [4.69, 9.17) is 4.52 Å². The number of piperazine rings is 1. The third-order valence-corrected chi connectivity index (χ3v) is 4.98. The first kappa shape index (κ1) is 20.2. The number of rotatable bonds is 4. The van der Waals surface area contributed by atoms with Crippen molar-refractivity contribution in [2.45, 2.75) is 26.1 Å². The molecule has 0 saturated carbocycles. The maximum absolute atomic E-state index is 13.4. The lowest BCUT2D eigenvalue weighted by atomic mass is 10.2. The van der Waals surface area contributed by atoms with Crippen molar-refractivity contribution in [3.8, 4) is 11.5 Å². The number of anilines is 1. The first-order valence-corrected chi connectivity index (χ1v) is 9.48. The van der Waals surface area contributed by atoms with Crippen LogP contribution in [-0.2, 0) is 6.18 Å². The smallest absolute Gasteiger partial charge is 0.354 e. The number of hydrogen-bond acceptors (Lipinski definition) is 8. The molecule has 0 N–H and O–H groups in total. The predicted molar refractivity (Wildman–Crippen MR) is 102 cm³/mol. The number of aromatic nitrogens is 5. The van der Waals surface area contributed by atoms with Crippen LogP contribution in [0.5, 0.6) is 0 Å². The molecule has 1 aliphatic heterocycles. The van der Waals surface area contributed by atoms with Crippen LogP contribution in [0.25, 0.3) is 11.5 Å². The molecule has 0 aromatic carbocycles. The lowest BCUT2D eigenvalue weighted by Gasteiger charge is -2.37. The van der Waals surface area contributed by atoms with Gasteiger partial charge in [0.15, 0.2) is 17.3 Å². The van der Waals surface area contributed by atoms with E-state index in [0.29, 0.717) is 43.6 Å². The minimum atomic E-state index is -4.58. The van der Waals surface area contributed by atoms with Gasteiger partial charge < -0.3 is 9.42 Å². The van der Waals surface area contributed by atoms with Gasteiger partial charge in [0.2, 0.25) is 5.89 Å². The second-order valence-corrected chi connectivity index (χ2v) is 7.03. The topological polar surface area (TPSA) is 84.1 Å². The molecular weight excluding hydrogens is 399 g/mol. The summed E-state index contributed by atoms with van der Waals surface area (Å²) in [5.41, 5.74) is -0.686. The normalized spacial score (nSPS) is 16.6. The lowest BCUT2D eigenvalue weighted by Crippen LogP contribution is -2.47. The van der Waals surface area contributed by atoms with E-state index < -0.39 is 11.9 Å². The van der Waals surface area contributed by atoms with E-state index in [1.807, 2.05) is 11.8 Å². The van der Waals surface area contributed by atoms with Gasteiger partial charge in [0, 0.05) is 38.4 Å². The molecule has 30 heavy (non-hydrogen) atoms. The number of nitrogens with zero attached hydrogens (tertiary/aromatic N) is 7. The molecule has 158 valence electrons. The summed E-state index contributed by atoms with van der Waals surface area (Å²) in [6, 6.07) is 5.88. The highest BCUT2D eigenvalue weighted by atomic mass is 19.4. The molecular formula is C19H20F3N7O. The van der Waals surface area contributed by atoms with Gasteiger partial charge in [-0.15, -0.1) is 0 Å². The van der Waals surface area contributed by atoms with Crippen LogP contribution >= 0.6 is 0 Å². The quantitative estimate of drug-likeness (QED) is 0.638. The average Bonchev–Trinajstić information content (AvgIpc) is 3.19. The molecule has 3 aromatic rings. The van der Waals surface area contributed by atoms with Crippen LogP contribution in [0.1, 0.15) is 30.4 Å². The largest absolute Gasteiger partial charge is 0.433 e. The van der Waals surface area contributed by atoms with Crippen molar-refractivity contribution >= 4 is 5.82 Å². The molecule has 4 heterocycles. The molecule has 11 heteroatoms. The monoisotopic (exact) mass is 419 g/mol. The summed E-state index contributed by atoms with van der Waals surface area (Å²) in [5, 5.41) is 3.81. The third-order valence-electron chi connectivity index (χ3n) is 4.98. The SMILES string of the molecule is Cc1noc(C(C)N2CCN(c3cc(C(F)(F)F)nc(-c4ccccn4)n3)CC2)n1. The Hall–Kier alpha value is -3.08.